The summed E-state index contributed by atoms with van der Waals surface area (Å²) < 4.78 is 4.73. The van der Waals surface area contributed by atoms with Gasteiger partial charge in [-0.3, -0.25) is 14.7 Å². The van der Waals surface area contributed by atoms with Crippen LogP contribution in [0.1, 0.15) is 29.0 Å². The maximum atomic E-state index is 12.3. The molecule has 19 heavy (non-hydrogen) atoms. The lowest BCUT2D eigenvalue weighted by atomic mass is 9.98. The molecule has 0 bridgehead atoms. The molecule has 0 saturated carbocycles. The van der Waals surface area contributed by atoms with E-state index < -0.39 is 0 Å². The SMILES string of the molecule is COC(=O)C1CCCN(C(=O)c2n[nH]c(C)c2N)C1. The van der Waals surface area contributed by atoms with Gasteiger partial charge >= 0.3 is 5.97 Å². The number of carbonyl (C=O) groups is 2. The van der Waals surface area contributed by atoms with Crippen LogP contribution in [-0.4, -0.2) is 47.2 Å². The number of nitrogen functional groups attached to an aromatic ring is 1. The number of hydrogen-bond donors (Lipinski definition) is 2. The molecule has 104 valence electrons. The number of aromatic amines is 1. The van der Waals surface area contributed by atoms with Gasteiger partial charge < -0.3 is 15.4 Å². The number of nitrogens with two attached hydrogens (primary N) is 1. The maximum Gasteiger partial charge on any atom is 0.310 e. The quantitative estimate of drug-likeness (QED) is 0.751. The Labute approximate surface area is 111 Å². The molecule has 1 atom stereocenters. The number of aromatic nitrogens is 2. The van der Waals surface area contributed by atoms with Gasteiger partial charge in [0.05, 0.1) is 24.4 Å². The van der Waals surface area contributed by atoms with Gasteiger partial charge in [0.2, 0.25) is 0 Å². The topological polar surface area (TPSA) is 101 Å². The van der Waals surface area contributed by atoms with Gasteiger partial charge in [0.15, 0.2) is 5.69 Å². The molecule has 1 aliphatic heterocycles. The van der Waals surface area contributed by atoms with E-state index in [4.69, 9.17) is 10.5 Å². The summed E-state index contributed by atoms with van der Waals surface area (Å²) >= 11 is 0. The molecule has 1 aromatic heterocycles. The van der Waals surface area contributed by atoms with Gasteiger partial charge in [0.1, 0.15) is 0 Å². The van der Waals surface area contributed by atoms with Gasteiger partial charge in [-0.2, -0.15) is 5.10 Å². The van der Waals surface area contributed by atoms with Crippen molar-refractivity contribution >= 4 is 17.6 Å². The second-order valence-electron chi connectivity index (χ2n) is 4.72. The number of esters is 1. The third-order valence-corrected chi connectivity index (χ3v) is 3.44. The van der Waals surface area contributed by atoms with Gasteiger partial charge in [-0.15, -0.1) is 0 Å². The minimum Gasteiger partial charge on any atom is -0.469 e. The first kappa shape index (κ1) is 13.4. The molecule has 7 nitrogen and oxygen atoms in total. The Balaban J connectivity index is 2.11. The van der Waals surface area contributed by atoms with E-state index in [0.29, 0.717) is 24.5 Å². The molecule has 1 unspecified atom stereocenters. The second kappa shape index (κ2) is 5.29. The first-order valence-electron chi connectivity index (χ1n) is 6.22. The third-order valence-electron chi connectivity index (χ3n) is 3.44. The highest BCUT2D eigenvalue weighted by molar-refractivity contribution is 5.97. The van der Waals surface area contributed by atoms with Gasteiger partial charge in [0, 0.05) is 13.1 Å². The lowest BCUT2D eigenvalue weighted by Crippen LogP contribution is -2.43. The van der Waals surface area contributed by atoms with Crippen LogP contribution < -0.4 is 5.73 Å². The van der Waals surface area contributed by atoms with E-state index in [1.807, 2.05) is 0 Å². The summed E-state index contributed by atoms with van der Waals surface area (Å²) in [5.74, 6) is -0.775. The van der Waals surface area contributed by atoms with Gasteiger partial charge in [-0.05, 0) is 19.8 Å². The van der Waals surface area contributed by atoms with Crippen LogP contribution >= 0.6 is 0 Å². The maximum absolute atomic E-state index is 12.3. The van der Waals surface area contributed by atoms with E-state index in [1.54, 1.807) is 11.8 Å². The largest absolute Gasteiger partial charge is 0.469 e. The molecule has 1 fully saturated rings. The highest BCUT2D eigenvalue weighted by atomic mass is 16.5. The van der Waals surface area contributed by atoms with E-state index in [0.717, 1.165) is 12.8 Å². The molecule has 1 aromatic rings. The predicted octanol–water partition coefficient (Wildman–Crippen LogP) is 0.326. The van der Waals surface area contributed by atoms with Crippen LogP contribution in [0.25, 0.3) is 0 Å². The van der Waals surface area contributed by atoms with Crippen molar-refractivity contribution in [1.82, 2.24) is 15.1 Å². The second-order valence-corrected chi connectivity index (χ2v) is 4.72. The van der Waals surface area contributed by atoms with Crippen molar-refractivity contribution in [2.24, 2.45) is 5.92 Å². The minimum atomic E-state index is -0.274. The minimum absolute atomic E-state index is 0.225. The third kappa shape index (κ3) is 2.54. The summed E-state index contributed by atoms with van der Waals surface area (Å²) in [6.45, 7) is 2.72. The lowest BCUT2D eigenvalue weighted by Gasteiger charge is -2.30. The number of methoxy groups -OCH3 is 1. The highest BCUT2D eigenvalue weighted by Crippen LogP contribution is 2.21. The van der Waals surface area contributed by atoms with Crippen LogP contribution in [0.4, 0.5) is 5.69 Å². The molecule has 1 saturated heterocycles. The van der Waals surface area contributed by atoms with Crippen LogP contribution in [0.15, 0.2) is 0 Å². The molecule has 1 aliphatic rings. The Bertz CT molecular complexity index is 497. The molecule has 1 amide bonds. The summed E-state index contributed by atoms with van der Waals surface area (Å²) in [5.41, 5.74) is 7.06. The Morgan fingerprint density at radius 3 is 2.84 bits per heavy atom. The predicted molar refractivity (Wildman–Crippen MR) is 68.4 cm³/mol. The Morgan fingerprint density at radius 2 is 2.26 bits per heavy atom. The van der Waals surface area contributed by atoms with Crippen molar-refractivity contribution < 1.29 is 14.3 Å². The van der Waals surface area contributed by atoms with Crippen LogP contribution in [0.2, 0.25) is 0 Å². The first-order chi connectivity index (χ1) is 9.04. The van der Waals surface area contributed by atoms with Crippen molar-refractivity contribution in [3.05, 3.63) is 11.4 Å². The van der Waals surface area contributed by atoms with E-state index in [1.165, 1.54) is 7.11 Å². The lowest BCUT2D eigenvalue weighted by molar-refractivity contribution is -0.146. The molecule has 2 heterocycles. The summed E-state index contributed by atoms with van der Waals surface area (Å²) in [7, 11) is 1.36. The Hall–Kier alpha value is -2.05. The fraction of sp³-hybridized carbons (Fsp3) is 0.583. The van der Waals surface area contributed by atoms with Crippen molar-refractivity contribution in [3.8, 4) is 0 Å². The number of anilines is 1. The standard InChI is InChI=1S/C12H18N4O3/c1-7-9(13)10(15-14-7)11(17)16-5-3-4-8(6-16)12(18)19-2/h8H,3-6,13H2,1-2H3,(H,14,15). The number of nitrogens with zero attached hydrogens (tertiary/aromatic N) is 2. The van der Waals surface area contributed by atoms with Crippen molar-refractivity contribution in [1.29, 1.82) is 0 Å². The zero-order chi connectivity index (χ0) is 14.0. The number of carbonyl (C=O) groups excluding carboxylic acids is 2. The van der Waals surface area contributed by atoms with Crippen molar-refractivity contribution in [2.45, 2.75) is 19.8 Å². The summed E-state index contributed by atoms with van der Waals surface area (Å²) in [5, 5.41) is 6.61. The number of rotatable bonds is 2. The number of piperidine rings is 1. The van der Waals surface area contributed by atoms with Gasteiger partial charge in [-0.25, -0.2) is 0 Å². The molecule has 0 aliphatic carbocycles. The molecular weight excluding hydrogens is 248 g/mol. The normalized spacial score (nSPS) is 19.3. The van der Waals surface area contributed by atoms with E-state index in [2.05, 4.69) is 10.2 Å². The van der Waals surface area contributed by atoms with Crippen LogP contribution in [-0.2, 0) is 9.53 Å². The van der Waals surface area contributed by atoms with Crippen molar-refractivity contribution in [3.63, 3.8) is 0 Å². The average molecular weight is 266 g/mol. The van der Waals surface area contributed by atoms with E-state index in [-0.39, 0.29) is 23.5 Å². The smallest absolute Gasteiger partial charge is 0.310 e. The molecule has 0 spiro atoms. The Kier molecular flexibility index (Phi) is 3.73. The molecular formula is C12H18N4O3. The molecule has 3 N–H and O–H groups in total. The molecule has 2 rings (SSSR count). The molecule has 0 radical (unpaired) electrons. The van der Waals surface area contributed by atoms with Crippen LogP contribution in [0, 0.1) is 12.8 Å². The summed E-state index contributed by atoms with van der Waals surface area (Å²) in [6.07, 6.45) is 1.51. The zero-order valence-corrected chi connectivity index (χ0v) is 11.1. The fourth-order valence-electron chi connectivity index (χ4n) is 2.27. The number of aryl methyl sites for hydroxylation is 1. The first-order valence-corrected chi connectivity index (χ1v) is 6.22. The number of ether oxygens (including phenoxy) is 1. The number of likely N-dealkylation sites (tertiary alicyclic amines) is 1. The molecule has 0 aromatic carbocycles. The van der Waals surface area contributed by atoms with Gasteiger partial charge in [0.25, 0.3) is 5.91 Å². The van der Waals surface area contributed by atoms with E-state index in [9.17, 15) is 9.59 Å². The average Bonchev–Trinajstić information content (AvgIpc) is 2.77. The number of hydrogen-bond acceptors (Lipinski definition) is 5. The fourth-order valence-corrected chi connectivity index (χ4v) is 2.27. The zero-order valence-electron chi connectivity index (χ0n) is 11.1. The number of H-pyrrole nitrogens is 1. The molecule has 7 heteroatoms. The highest BCUT2D eigenvalue weighted by Gasteiger charge is 2.31. The van der Waals surface area contributed by atoms with Gasteiger partial charge in [-0.1, -0.05) is 0 Å². The summed E-state index contributed by atoms with van der Waals surface area (Å²) in [4.78, 5) is 25.4. The summed E-state index contributed by atoms with van der Waals surface area (Å²) in [6, 6.07) is 0. The van der Waals surface area contributed by atoms with Crippen LogP contribution in [0.5, 0.6) is 0 Å². The number of amides is 1. The van der Waals surface area contributed by atoms with Crippen LogP contribution in [0.3, 0.4) is 0 Å². The van der Waals surface area contributed by atoms with Crippen molar-refractivity contribution in [2.75, 3.05) is 25.9 Å². The van der Waals surface area contributed by atoms with E-state index >= 15 is 0 Å². The Morgan fingerprint density at radius 1 is 1.53 bits per heavy atom. The monoisotopic (exact) mass is 266 g/mol. The number of nitrogens with one attached hydrogen (secondary N) is 1.